The molecule has 0 aromatic carbocycles. The number of rotatable bonds is 16. The van der Waals surface area contributed by atoms with Gasteiger partial charge in [0, 0.05) is 6.42 Å². The topological polar surface area (TPSA) is 165 Å². The van der Waals surface area contributed by atoms with Crippen molar-refractivity contribution >= 4 is 23.7 Å². The molecule has 10 heteroatoms. The van der Waals surface area contributed by atoms with Gasteiger partial charge in [-0.15, -0.1) is 0 Å². The molecule has 0 aliphatic rings. The van der Waals surface area contributed by atoms with E-state index in [1.54, 1.807) is 0 Å². The van der Waals surface area contributed by atoms with Crippen molar-refractivity contribution in [2.24, 2.45) is 17.8 Å². The van der Waals surface area contributed by atoms with Crippen molar-refractivity contribution in [2.45, 2.75) is 111 Å². The van der Waals surface area contributed by atoms with E-state index in [9.17, 15) is 29.4 Å². The second kappa shape index (κ2) is 15.7. The van der Waals surface area contributed by atoms with Gasteiger partial charge in [0.15, 0.2) is 0 Å². The van der Waals surface area contributed by atoms with Gasteiger partial charge >= 0.3 is 5.97 Å². The van der Waals surface area contributed by atoms with E-state index in [1.807, 2.05) is 41.5 Å². The summed E-state index contributed by atoms with van der Waals surface area (Å²) >= 11 is 0. The van der Waals surface area contributed by atoms with E-state index in [0.717, 1.165) is 0 Å². The van der Waals surface area contributed by atoms with Crippen LogP contribution in [-0.4, -0.2) is 69.3 Å². The molecule has 5 atom stereocenters. The number of aliphatic hydroxyl groups excluding tert-OH is 2. The summed E-state index contributed by atoms with van der Waals surface area (Å²) in [5.74, 6) is -2.06. The lowest BCUT2D eigenvalue weighted by Gasteiger charge is -2.27. The summed E-state index contributed by atoms with van der Waals surface area (Å²) in [5.41, 5.74) is 0. The molecule has 10 nitrogen and oxygen atoms in total. The van der Waals surface area contributed by atoms with E-state index >= 15 is 0 Å². The van der Waals surface area contributed by atoms with Crippen LogP contribution in [0.3, 0.4) is 0 Å². The van der Waals surface area contributed by atoms with Crippen LogP contribution in [0, 0.1) is 17.8 Å². The fourth-order valence-corrected chi connectivity index (χ4v) is 3.60. The summed E-state index contributed by atoms with van der Waals surface area (Å²) in [6.07, 6.45) is -2.02. The van der Waals surface area contributed by atoms with Crippen LogP contribution >= 0.6 is 0 Å². The van der Waals surface area contributed by atoms with Gasteiger partial charge in [0.25, 0.3) is 0 Å². The predicted octanol–water partition coefficient (Wildman–Crippen LogP) is 1.19. The Morgan fingerprint density at radius 1 is 0.618 bits per heavy atom. The molecule has 0 bridgehead atoms. The molecule has 0 aromatic heterocycles. The number of aliphatic hydroxyl groups is 2. The highest BCUT2D eigenvalue weighted by Crippen LogP contribution is 2.13. The van der Waals surface area contributed by atoms with Crippen molar-refractivity contribution in [1.29, 1.82) is 0 Å². The predicted molar refractivity (Wildman–Crippen MR) is 129 cm³/mol. The monoisotopic (exact) mass is 487 g/mol. The summed E-state index contributed by atoms with van der Waals surface area (Å²) < 4.78 is 0. The first-order chi connectivity index (χ1) is 15.6. The van der Waals surface area contributed by atoms with Crippen molar-refractivity contribution in [3.8, 4) is 0 Å². The number of carbonyl (C=O) groups excluding carboxylic acids is 3. The molecule has 0 aromatic rings. The molecule has 0 aliphatic heterocycles. The van der Waals surface area contributed by atoms with Gasteiger partial charge in [0.05, 0.1) is 37.1 Å². The van der Waals surface area contributed by atoms with Crippen molar-refractivity contribution in [3.05, 3.63) is 0 Å². The molecule has 0 aliphatic carbocycles. The molecular formula is C24H45N3O7. The summed E-state index contributed by atoms with van der Waals surface area (Å²) in [5, 5.41) is 37.6. The molecule has 0 saturated carbocycles. The molecule has 0 saturated heterocycles. The number of nitrogens with one attached hydrogen (secondary N) is 3. The van der Waals surface area contributed by atoms with E-state index in [4.69, 9.17) is 5.11 Å². The lowest BCUT2D eigenvalue weighted by atomic mass is 9.96. The molecule has 0 fully saturated rings. The number of carboxylic acids is 1. The Kier molecular flexibility index (Phi) is 14.6. The third-order valence-electron chi connectivity index (χ3n) is 5.20. The van der Waals surface area contributed by atoms with Crippen LogP contribution in [0.2, 0.25) is 0 Å². The first-order valence-corrected chi connectivity index (χ1v) is 12.1. The summed E-state index contributed by atoms with van der Waals surface area (Å²) in [7, 11) is 0. The zero-order valence-corrected chi connectivity index (χ0v) is 21.6. The number of aliphatic carboxylic acids is 1. The van der Waals surface area contributed by atoms with Gasteiger partial charge in [-0.3, -0.25) is 19.2 Å². The zero-order valence-electron chi connectivity index (χ0n) is 21.6. The van der Waals surface area contributed by atoms with E-state index in [0.29, 0.717) is 19.3 Å². The third kappa shape index (κ3) is 14.1. The van der Waals surface area contributed by atoms with E-state index in [1.165, 1.54) is 6.92 Å². The van der Waals surface area contributed by atoms with Gasteiger partial charge in [0.2, 0.25) is 17.7 Å². The number of carbonyl (C=O) groups is 4. The average molecular weight is 488 g/mol. The maximum absolute atomic E-state index is 12.6. The molecule has 0 radical (unpaired) electrons. The molecule has 0 rings (SSSR count). The van der Waals surface area contributed by atoms with Crippen LogP contribution in [0.5, 0.6) is 0 Å². The maximum Gasteiger partial charge on any atom is 0.306 e. The maximum atomic E-state index is 12.6. The Balaban J connectivity index is 5.01. The van der Waals surface area contributed by atoms with Gasteiger partial charge in [-0.2, -0.15) is 0 Å². The third-order valence-corrected chi connectivity index (χ3v) is 5.20. The molecule has 0 spiro atoms. The number of hydrogen-bond donors (Lipinski definition) is 6. The number of carboxylic acid groups (broad SMARTS) is 1. The normalized spacial score (nSPS) is 16.0. The SMILES string of the molecule is CC(C)CC(=O)N[C@@H](CC(C)C)[C@@H](O)CC(=O)N[C@@H](C)C(=O)N[C@@H](CC(C)C)[C@@H](O)CC(=O)O. The molecular weight excluding hydrogens is 442 g/mol. The van der Waals surface area contributed by atoms with Gasteiger partial charge in [-0.05, 0) is 37.5 Å². The van der Waals surface area contributed by atoms with E-state index in [-0.39, 0.29) is 30.1 Å². The second-order valence-electron chi connectivity index (χ2n) is 10.4. The molecule has 3 amide bonds. The Bertz CT molecular complexity index is 667. The summed E-state index contributed by atoms with van der Waals surface area (Å²) in [6, 6.07) is -2.34. The Morgan fingerprint density at radius 3 is 1.50 bits per heavy atom. The number of hydrogen-bond acceptors (Lipinski definition) is 6. The van der Waals surface area contributed by atoms with E-state index < -0.39 is 54.5 Å². The Labute approximate surface area is 203 Å². The minimum absolute atomic E-state index is 0.0950. The van der Waals surface area contributed by atoms with Crippen LogP contribution in [0.15, 0.2) is 0 Å². The quantitative estimate of drug-likeness (QED) is 0.190. The van der Waals surface area contributed by atoms with Crippen molar-refractivity contribution in [1.82, 2.24) is 16.0 Å². The van der Waals surface area contributed by atoms with Gasteiger partial charge in [-0.1, -0.05) is 41.5 Å². The zero-order chi connectivity index (χ0) is 26.6. The van der Waals surface area contributed by atoms with Crippen LogP contribution in [-0.2, 0) is 19.2 Å². The summed E-state index contributed by atoms with van der Waals surface area (Å²) in [4.78, 5) is 48.1. The molecule has 198 valence electrons. The summed E-state index contributed by atoms with van der Waals surface area (Å²) in [6.45, 7) is 13.0. The van der Waals surface area contributed by atoms with Crippen molar-refractivity contribution < 1.29 is 34.5 Å². The average Bonchev–Trinajstić information content (AvgIpc) is 2.64. The fraction of sp³-hybridized carbons (Fsp3) is 0.833. The molecule has 6 N–H and O–H groups in total. The smallest absolute Gasteiger partial charge is 0.306 e. The lowest BCUT2D eigenvalue weighted by molar-refractivity contribution is -0.140. The fourth-order valence-electron chi connectivity index (χ4n) is 3.60. The second-order valence-corrected chi connectivity index (χ2v) is 10.4. The largest absolute Gasteiger partial charge is 0.481 e. The minimum Gasteiger partial charge on any atom is -0.481 e. The van der Waals surface area contributed by atoms with Crippen LogP contribution < -0.4 is 16.0 Å². The lowest BCUT2D eigenvalue weighted by Crippen LogP contribution is -2.53. The van der Waals surface area contributed by atoms with Crippen LogP contribution in [0.25, 0.3) is 0 Å². The molecule has 34 heavy (non-hydrogen) atoms. The number of amides is 3. The minimum atomic E-state index is -1.26. The molecule has 0 heterocycles. The highest BCUT2D eigenvalue weighted by Gasteiger charge is 2.29. The Morgan fingerprint density at radius 2 is 1.06 bits per heavy atom. The van der Waals surface area contributed by atoms with Gasteiger partial charge in [-0.25, -0.2) is 0 Å². The van der Waals surface area contributed by atoms with Gasteiger partial charge < -0.3 is 31.3 Å². The van der Waals surface area contributed by atoms with Crippen molar-refractivity contribution in [2.75, 3.05) is 0 Å². The van der Waals surface area contributed by atoms with E-state index in [2.05, 4.69) is 16.0 Å². The standard InChI is InChI=1S/C24H45N3O7/c1-13(2)8-17(26-21(30)10-15(5)6)19(28)11-22(31)25-16(7)24(34)27-18(9-14(3)4)20(29)12-23(32)33/h13-20,28-29H,8-12H2,1-7H3,(H,25,31)(H,26,30)(H,27,34)(H,32,33)/t16-,17-,18-,19-,20-/m0/s1. The van der Waals surface area contributed by atoms with Gasteiger partial charge in [0.1, 0.15) is 6.04 Å². The first-order valence-electron chi connectivity index (χ1n) is 12.1. The van der Waals surface area contributed by atoms with Crippen LogP contribution in [0.1, 0.15) is 80.6 Å². The first kappa shape index (κ1) is 31.8. The highest BCUT2D eigenvalue weighted by molar-refractivity contribution is 5.87. The van der Waals surface area contributed by atoms with Crippen LogP contribution in [0.4, 0.5) is 0 Å². The molecule has 0 unspecified atom stereocenters. The van der Waals surface area contributed by atoms with Crippen molar-refractivity contribution in [3.63, 3.8) is 0 Å². The Hall–Kier alpha value is -2.20. The highest BCUT2D eigenvalue weighted by atomic mass is 16.4.